The molecule has 0 fully saturated rings. The van der Waals surface area contributed by atoms with Crippen LogP contribution in [0.4, 0.5) is 4.79 Å². The Kier molecular flexibility index (Phi) is 24.4. The minimum absolute atomic E-state index is 0.141. The van der Waals surface area contributed by atoms with Crippen molar-refractivity contribution in [3.05, 3.63) is 0 Å². The lowest BCUT2D eigenvalue weighted by Gasteiger charge is -2.19. The first kappa shape index (κ1) is 34.7. The second-order valence-electron chi connectivity index (χ2n) is 10.6. The quantitative estimate of drug-likeness (QED) is 0.101. The molecule has 7 heteroatoms. The molecule has 0 saturated carbocycles. The fourth-order valence-electron chi connectivity index (χ4n) is 3.79. The summed E-state index contributed by atoms with van der Waals surface area (Å²) in [5, 5.41) is 2.63. The van der Waals surface area contributed by atoms with E-state index >= 15 is 0 Å². The number of carbonyl (C=O) groups is 2. The van der Waals surface area contributed by atoms with Crippen molar-refractivity contribution in [3.63, 3.8) is 0 Å². The second kappa shape index (κ2) is 25.3. The molecule has 0 unspecified atom stereocenters. The SMILES string of the molecule is CCCCCCCCCCCCCCCCCC(=O)OCCOCCOCCNC(=O)OC(C)(C)C. The number of hydrogen-bond acceptors (Lipinski definition) is 6. The van der Waals surface area contributed by atoms with Crippen molar-refractivity contribution in [2.45, 2.75) is 136 Å². The maximum Gasteiger partial charge on any atom is 0.407 e. The molecule has 0 heterocycles. The normalized spacial score (nSPS) is 11.4. The topological polar surface area (TPSA) is 83.1 Å². The molecule has 214 valence electrons. The summed E-state index contributed by atoms with van der Waals surface area (Å²) in [5.41, 5.74) is -0.506. The standard InChI is InChI=1S/C29H57NO6/c1-5-6-7-8-9-10-11-12-13-14-15-16-17-18-19-20-27(31)35-26-25-34-24-23-33-22-21-30-28(32)36-29(2,3)4/h5-26H2,1-4H3,(H,30,32). The molecule has 0 aliphatic carbocycles. The summed E-state index contributed by atoms with van der Waals surface area (Å²) in [6.07, 6.45) is 19.8. The lowest BCUT2D eigenvalue weighted by atomic mass is 10.0. The number of esters is 1. The molecule has 0 aromatic rings. The summed E-state index contributed by atoms with van der Waals surface area (Å²) >= 11 is 0. The molecule has 0 aromatic carbocycles. The van der Waals surface area contributed by atoms with Crippen molar-refractivity contribution in [1.82, 2.24) is 5.32 Å². The van der Waals surface area contributed by atoms with Crippen molar-refractivity contribution >= 4 is 12.1 Å². The van der Waals surface area contributed by atoms with Crippen LogP contribution >= 0.6 is 0 Å². The zero-order valence-electron chi connectivity index (χ0n) is 24.0. The molecule has 7 nitrogen and oxygen atoms in total. The van der Waals surface area contributed by atoms with Crippen molar-refractivity contribution in [2.24, 2.45) is 0 Å². The summed E-state index contributed by atoms with van der Waals surface area (Å²) in [5.74, 6) is -0.141. The first-order valence-electron chi connectivity index (χ1n) is 14.6. The second-order valence-corrected chi connectivity index (χ2v) is 10.6. The first-order chi connectivity index (χ1) is 17.3. The Bertz CT molecular complexity index is 506. The van der Waals surface area contributed by atoms with Gasteiger partial charge in [0.1, 0.15) is 12.2 Å². The van der Waals surface area contributed by atoms with Gasteiger partial charge in [-0.1, -0.05) is 96.8 Å². The van der Waals surface area contributed by atoms with E-state index in [9.17, 15) is 9.59 Å². The molecule has 0 rings (SSSR count). The number of unbranched alkanes of at least 4 members (excludes halogenated alkanes) is 14. The molecule has 0 aliphatic rings. The lowest BCUT2D eigenvalue weighted by molar-refractivity contribution is -0.145. The third-order valence-electron chi connectivity index (χ3n) is 5.76. The number of rotatable bonds is 25. The van der Waals surface area contributed by atoms with Crippen LogP contribution in [-0.4, -0.2) is 57.2 Å². The summed E-state index contributed by atoms with van der Waals surface area (Å²) in [7, 11) is 0. The van der Waals surface area contributed by atoms with Crippen LogP contribution in [0.25, 0.3) is 0 Å². The van der Waals surface area contributed by atoms with Crippen LogP contribution in [0, 0.1) is 0 Å². The van der Waals surface area contributed by atoms with Crippen LogP contribution in [0.5, 0.6) is 0 Å². The molecular weight excluding hydrogens is 458 g/mol. The van der Waals surface area contributed by atoms with Gasteiger partial charge >= 0.3 is 12.1 Å². The lowest BCUT2D eigenvalue weighted by Crippen LogP contribution is -2.34. The molecule has 36 heavy (non-hydrogen) atoms. The zero-order chi connectivity index (χ0) is 26.7. The largest absolute Gasteiger partial charge is 0.463 e. The average molecular weight is 516 g/mol. The molecular formula is C29H57NO6. The Labute approximate surface area is 221 Å². The van der Waals surface area contributed by atoms with Gasteiger partial charge in [0, 0.05) is 13.0 Å². The average Bonchev–Trinajstić information content (AvgIpc) is 2.81. The fraction of sp³-hybridized carbons (Fsp3) is 0.931. The van der Waals surface area contributed by atoms with E-state index in [1.165, 1.54) is 83.5 Å². The van der Waals surface area contributed by atoms with E-state index in [4.69, 9.17) is 18.9 Å². The number of amides is 1. The summed E-state index contributed by atoms with van der Waals surface area (Å²) in [6, 6.07) is 0. The summed E-state index contributed by atoms with van der Waals surface area (Å²) in [4.78, 5) is 23.2. The molecule has 0 aliphatic heterocycles. The van der Waals surface area contributed by atoms with Crippen molar-refractivity contribution < 1.29 is 28.5 Å². The van der Waals surface area contributed by atoms with Crippen LogP contribution in [0.15, 0.2) is 0 Å². The summed E-state index contributed by atoms with van der Waals surface area (Å²) in [6.45, 7) is 9.97. The van der Waals surface area contributed by atoms with Gasteiger partial charge < -0.3 is 24.3 Å². The van der Waals surface area contributed by atoms with Crippen LogP contribution in [0.2, 0.25) is 0 Å². The van der Waals surface area contributed by atoms with Crippen molar-refractivity contribution in [3.8, 4) is 0 Å². The predicted molar refractivity (Wildman–Crippen MR) is 146 cm³/mol. The van der Waals surface area contributed by atoms with Crippen LogP contribution in [0.3, 0.4) is 0 Å². The van der Waals surface area contributed by atoms with Gasteiger partial charge in [-0.05, 0) is 27.2 Å². The number of carbonyl (C=O) groups excluding carboxylic acids is 2. The van der Waals surface area contributed by atoms with Gasteiger partial charge in [-0.15, -0.1) is 0 Å². The van der Waals surface area contributed by atoms with Crippen LogP contribution in [0.1, 0.15) is 130 Å². The zero-order valence-corrected chi connectivity index (χ0v) is 24.0. The van der Waals surface area contributed by atoms with E-state index in [1.807, 2.05) is 20.8 Å². The Morgan fingerprint density at radius 1 is 0.611 bits per heavy atom. The van der Waals surface area contributed by atoms with Gasteiger partial charge in [0.15, 0.2) is 0 Å². The molecule has 0 aromatic heterocycles. The molecule has 1 amide bonds. The molecule has 0 saturated heterocycles. The minimum atomic E-state index is -0.506. The van der Waals surface area contributed by atoms with Crippen LogP contribution in [-0.2, 0) is 23.7 Å². The van der Waals surface area contributed by atoms with E-state index in [0.717, 1.165) is 12.8 Å². The Morgan fingerprint density at radius 2 is 1.06 bits per heavy atom. The Morgan fingerprint density at radius 3 is 1.56 bits per heavy atom. The molecule has 0 spiro atoms. The maximum atomic E-state index is 11.8. The third kappa shape index (κ3) is 28.9. The highest BCUT2D eigenvalue weighted by Gasteiger charge is 2.15. The molecule has 0 atom stereocenters. The van der Waals surface area contributed by atoms with E-state index in [0.29, 0.717) is 39.4 Å². The van der Waals surface area contributed by atoms with Gasteiger partial charge in [-0.3, -0.25) is 4.79 Å². The monoisotopic (exact) mass is 515 g/mol. The van der Waals surface area contributed by atoms with Gasteiger partial charge in [-0.2, -0.15) is 0 Å². The first-order valence-corrected chi connectivity index (χ1v) is 14.6. The Hall–Kier alpha value is -1.34. The molecule has 0 bridgehead atoms. The smallest absolute Gasteiger partial charge is 0.407 e. The van der Waals surface area contributed by atoms with E-state index in [-0.39, 0.29) is 12.6 Å². The highest BCUT2D eigenvalue weighted by Crippen LogP contribution is 2.13. The molecule has 1 N–H and O–H groups in total. The van der Waals surface area contributed by atoms with E-state index < -0.39 is 11.7 Å². The van der Waals surface area contributed by atoms with Gasteiger partial charge in [0.2, 0.25) is 0 Å². The predicted octanol–water partition coefficient (Wildman–Crippen LogP) is 7.35. The van der Waals surface area contributed by atoms with E-state index in [1.54, 1.807) is 0 Å². The van der Waals surface area contributed by atoms with E-state index in [2.05, 4.69) is 12.2 Å². The number of alkyl carbamates (subject to hydrolysis) is 1. The molecule has 0 radical (unpaired) electrons. The Balaban J connectivity index is 3.24. The van der Waals surface area contributed by atoms with Crippen LogP contribution < -0.4 is 5.32 Å². The van der Waals surface area contributed by atoms with Crippen molar-refractivity contribution in [2.75, 3.05) is 39.6 Å². The number of hydrogen-bond donors (Lipinski definition) is 1. The van der Waals surface area contributed by atoms with Gasteiger partial charge in [-0.25, -0.2) is 4.79 Å². The number of nitrogens with one attached hydrogen (secondary N) is 1. The third-order valence-corrected chi connectivity index (χ3v) is 5.76. The maximum absolute atomic E-state index is 11.8. The van der Waals surface area contributed by atoms with Gasteiger partial charge in [0.25, 0.3) is 0 Å². The highest BCUT2D eigenvalue weighted by atomic mass is 16.6. The highest BCUT2D eigenvalue weighted by molar-refractivity contribution is 5.69. The van der Waals surface area contributed by atoms with Crippen molar-refractivity contribution in [1.29, 1.82) is 0 Å². The van der Waals surface area contributed by atoms with Gasteiger partial charge in [0.05, 0.1) is 26.4 Å². The fourth-order valence-corrected chi connectivity index (χ4v) is 3.79. The summed E-state index contributed by atoms with van der Waals surface area (Å²) < 4.78 is 21.1. The minimum Gasteiger partial charge on any atom is -0.463 e. The number of ether oxygens (including phenoxy) is 4.